The first kappa shape index (κ1) is 24.0. The van der Waals surface area contributed by atoms with Gasteiger partial charge in [0.15, 0.2) is 0 Å². The van der Waals surface area contributed by atoms with Gasteiger partial charge in [-0.3, -0.25) is 0 Å². The number of rotatable bonds is 7. The van der Waals surface area contributed by atoms with Crippen molar-refractivity contribution in [3.63, 3.8) is 0 Å². The molecule has 0 bridgehead atoms. The zero-order valence-electron chi connectivity index (χ0n) is 21.8. The van der Waals surface area contributed by atoms with Gasteiger partial charge in [0.1, 0.15) is 0 Å². The van der Waals surface area contributed by atoms with E-state index in [0.29, 0.717) is 0 Å². The lowest BCUT2D eigenvalue weighted by molar-refractivity contribution is 0.717. The summed E-state index contributed by atoms with van der Waals surface area (Å²) in [5.74, 6) is 0. The minimum absolute atomic E-state index is 1.18. The van der Waals surface area contributed by atoms with Crippen LogP contribution in [0.2, 0.25) is 0 Å². The third kappa shape index (κ3) is 5.17. The average Bonchev–Trinajstić information content (AvgIpc) is 2.80. The van der Waals surface area contributed by atoms with E-state index in [1.807, 2.05) is 0 Å². The van der Waals surface area contributed by atoms with Gasteiger partial charge in [0.05, 0.1) is 0 Å². The van der Waals surface area contributed by atoms with Gasteiger partial charge in [-0.25, -0.2) is 0 Å². The highest BCUT2D eigenvalue weighted by Crippen LogP contribution is 2.37. The molecule has 0 spiro atoms. The molecule has 0 fully saturated rings. The number of hydrogen-bond acceptors (Lipinski definition) is 0. The number of aryl methyl sites for hydroxylation is 6. The Labute approximate surface area is 206 Å². The maximum atomic E-state index is 2.37. The summed E-state index contributed by atoms with van der Waals surface area (Å²) in [6.07, 6.45) is 5.05. The summed E-state index contributed by atoms with van der Waals surface area (Å²) in [6.45, 7) is 13.4. The molecule has 4 aromatic rings. The van der Waals surface area contributed by atoms with Crippen molar-refractivity contribution in [3.05, 3.63) is 106 Å². The van der Waals surface area contributed by atoms with Crippen molar-refractivity contribution in [3.8, 4) is 33.4 Å². The van der Waals surface area contributed by atoms with Crippen LogP contribution in [0.15, 0.2) is 72.8 Å². The maximum Gasteiger partial charge on any atom is -0.0125 e. The Morgan fingerprint density at radius 2 is 0.941 bits per heavy atom. The molecule has 0 saturated heterocycles. The quantitative estimate of drug-likeness (QED) is 0.248. The van der Waals surface area contributed by atoms with Crippen LogP contribution >= 0.6 is 0 Å². The van der Waals surface area contributed by atoms with E-state index in [2.05, 4.69) is 114 Å². The minimum Gasteiger partial charge on any atom is -0.0654 e. The Balaban J connectivity index is 1.66. The normalized spacial score (nSPS) is 11.1. The van der Waals surface area contributed by atoms with Crippen LogP contribution in [0.1, 0.15) is 59.6 Å². The van der Waals surface area contributed by atoms with Gasteiger partial charge in [0, 0.05) is 0 Å². The standard InChI is InChI=1S/C34H38/c1-7-8-9-10-28-13-17-30(18-14-28)33-26(5)21-32(22-27(33)6)34-24(3)19-31(20-25(34)4)29-15-11-23(2)12-16-29/h11-22H,7-10H2,1-6H3. The predicted molar refractivity (Wildman–Crippen MR) is 150 cm³/mol. The number of benzene rings is 4. The van der Waals surface area contributed by atoms with Crippen molar-refractivity contribution in [1.29, 1.82) is 0 Å². The third-order valence-electron chi connectivity index (χ3n) is 7.05. The van der Waals surface area contributed by atoms with Crippen LogP contribution in [-0.4, -0.2) is 0 Å². The molecule has 0 aromatic heterocycles. The largest absolute Gasteiger partial charge is 0.0654 e. The van der Waals surface area contributed by atoms with E-state index in [9.17, 15) is 0 Å². The highest BCUT2D eigenvalue weighted by molar-refractivity contribution is 5.81. The predicted octanol–water partition coefficient (Wildman–Crippen LogP) is 9.96. The summed E-state index contributed by atoms with van der Waals surface area (Å²) < 4.78 is 0. The molecule has 0 aliphatic carbocycles. The van der Waals surface area contributed by atoms with E-state index in [1.54, 1.807) is 0 Å². The van der Waals surface area contributed by atoms with E-state index in [1.165, 1.54) is 92.4 Å². The lowest BCUT2D eigenvalue weighted by Crippen LogP contribution is -1.95. The van der Waals surface area contributed by atoms with Crippen LogP contribution in [0.4, 0.5) is 0 Å². The molecule has 0 aliphatic heterocycles. The van der Waals surface area contributed by atoms with Gasteiger partial charge in [-0.15, -0.1) is 0 Å². The Morgan fingerprint density at radius 3 is 1.47 bits per heavy atom. The second-order valence-corrected chi connectivity index (χ2v) is 9.99. The lowest BCUT2D eigenvalue weighted by Gasteiger charge is -2.18. The molecule has 0 heterocycles. The van der Waals surface area contributed by atoms with Crippen molar-refractivity contribution in [2.75, 3.05) is 0 Å². The molecule has 34 heavy (non-hydrogen) atoms. The van der Waals surface area contributed by atoms with E-state index in [4.69, 9.17) is 0 Å². The topological polar surface area (TPSA) is 0 Å². The van der Waals surface area contributed by atoms with Gasteiger partial charge in [-0.1, -0.05) is 98.1 Å². The average molecular weight is 447 g/mol. The van der Waals surface area contributed by atoms with Gasteiger partial charge in [-0.2, -0.15) is 0 Å². The first-order valence-electron chi connectivity index (χ1n) is 12.8. The highest BCUT2D eigenvalue weighted by atomic mass is 14.2. The Bertz CT molecular complexity index is 1220. The zero-order valence-corrected chi connectivity index (χ0v) is 21.8. The molecule has 0 atom stereocenters. The van der Waals surface area contributed by atoms with Crippen LogP contribution in [-0.2, 0) is 6.42 Å². The summed E-state index contributed by atoms with van der Waals surface area (Å²) >= 11 is 0. The first-order chi connectivity index (χ1) is 16.4. The zero-order chi connectivity index (χ0) is 24.2. The summed E-state index contributed by atoms with van der Waals surface area (Å²) in [6, 6.07) is 27.5. The highest BCUT2D eigenvalue weighted by Gasteiger charge is 2.13. The van der Waals surface area contributed by atoms with Crippen LogP contribution < -0.4 is 0 Å². The first-order valence-corrected chi connectivity index (χ1v) is 12.8. The second kappa shape index (κ2) is 10.4. The molecule has 174 valence electrons. The van der Waals surface area contributed by atoms with Crippen LogP contribution in [0.25, 0.3) is 33.4 Å². The monoisotopic (exact) mass is 446 g/mol. The fourth-order valence-electron chi connectivity index (χ4n) is 5.31. The maximum absolute atomic E-state index is 2.37. The van der Waals surface area contributed by atoms with Gasteiger partial charge in [-0.05, 0) is 109 Å². The number of hydrogen-bond donors (Lipinski definition) is 0. The van der Waals surface area contributed by atoms with Crippen molar-refractivity contribution in [2.24, 2.45) is 0 Å². The van der Waals surface area contributed by atoms with E-state index < -0.39 is 0 Å². The van der Waals surface area contributed by atoms with Crippen molar-refractivity contribution < 1.29 is 0 Å². The number of unbranched alkanes of at least 4 members (excludes halogenated alkanes) is 2. The molecule has 0 unspecified atom stereocenters. The summed E-state index contributed by atoms with van der Waals surface area (Å²) in [5, 5.41) is 0. The molecule has 4 rings (SSSR count). The van der Waals surface area contributed by atoms with Crippen molar-refractivity contribution in [1.82, 2.24) is 0 Å². The van der Waals surface area contributed by atoms with E-state index in [0.717, 1.165) is 0 Å². The SMILES string of the molecule is CCCCCc1ccc(-c2c(C)cc(-c3c(C)cc(-c4ccc(C)cc4)cc3C)cc2C)cc1. The molecule has 0 saturated carbocycles. The molecule has 0 aliphatic rings. The summed E-state index contributed by atoms with van der Waals surface area (Å²) in [5.41, 5.74) is 16.0. The van der Waals surface area contributed by atoms with Crippen LogP contribution in [0.5, 0.6) is 0 Å². The van der Waals surface area contributed by atoms with Crippen LogP contribution in [0.3, 0.4) is 0 Å². The molecule has 0 amide bonds. The van der Waals surface area contributed by atoms with E-state index >= 15 is 0 Å². The Morgan fingerprint density at radius 1 is 0.471 bits per heavy atom. The Hall–Kier alpha value is -3.12. The molecule has 0 heteroatoms. The molecular formula is C34H38. The summed E-state index contributed by atoms with van der Waals surface area (Å²) in [7, 11) is 0. The van der Waals surface area contributed by atoms with Crippen molar-refractivity contribution >= 4 is 0 Å². The Kier molecular flexibility index (Phi) is 7.37. The molecule has 0 radical (unpaired) electrons. The molecule has 0 nitrogen and oxygen atoms in total. The molecule has 0 N–H and O–H groups in total. The fraction of sp³-hybridized carbons (Fsp3) is 0.294. The van der Waals surface area contributed by atoms with E-state index in [-0.39, 0.29) is 0 Å². The van der Waals surface area contributed by atoms with Gasteiger partial charge < -0.3 is 0 Å². The van der Waals surface area contributed by atoms with Gasteiger partial charge in [0.25, 0.3) is 0 Å². The van der Waals surface area contributed by atoms with Gasteiger partial charge >= 0.3 is 0 Å². The lowest BCUT2D eigenvalue weighted by atomic mass is 9.87. The second-order valence-electron chi connectivity index (χ2n) is 9.99. The summed E-state index contributed by atoms with van der Waals surface area (Å²) in [4.78, 5) is 0. The molecule has 4 aromatic carbocycles. The van der Waals surface area contributed by atoms with Gasteiger partial charge in [0.2, 0.25) is 0 Å². The minimum atomic E-state index is 1.18. The third-order valence-corrected chi connectivity index (χ3v) is 7.05. The smallest absolute Gasteiger partial charge is 0.0125 e. The van der Waals surface area contributed by atoms with Crippen molar-refractivity contribution in [2.45, 2.75) is 67.2 Å². The molecular weight excluding hydrogens is 408 g/mol. The fourth-order valence-corrected chi connectivity index (χ4v) is 5.31. The van der Waals surface area contributed by atoms with Crippen LogP contribution in [0, 0.1) is 34.6 Å².